The third kappa shape index (κ3) is 7.25. The summed E-state index contributed by atoms with van der Waals surface area (Å²) in [5.74, 6) is -0.0404. The van der Waals surface area contributed by atoms with Gasteiger partial charge in [-0.15, -0.1) is 0 Å². The highest BCUT2D eigenvalue weighted by Gasteiger charge is 2.41. The molecule has 220 valence electrons. The normalized spacial score (nSPS) is 18.8. The highest BCUT2D eigenvalue weighted by Crippen LogP contribution is 2.40. The molecule has 0 saturated carbocycles. The van der Waals surface area contributed by atoms with Crippen molar-refractivity contribution in [1.82, 2.24) is 14.8 Å². The van der Waals surface area contributed by atoms with Crippen molar-refractivity contribution in [2.24, 2.45) is 5.41 Å². The van der Waals surface area contributed by atoms with Crippen LogP contribution in [0.1, 0.15) is 54.9 Å². The largest absolute Gasteiger partial charge is 0.497 e. The fourth-order valence-electron chi connectivity index (χ4n) is 6.36. The lowest BCUT2D eigenvalue weighted by atomic mass is 9.73. The molecule has 2 N–H and O–H groups in total. The molecule has 2 aromatic carbocycles. The molecule has 0 radical (unpaired) electrons. The maximum Gasteiger partial charge on any atom is 0.309 e. The molecule has 2 saturated heterocycles. The summed E-state index contributed by atoms with van der Waals surface area (Å²) in [6.07, 6.45) is 5.18. The Morgan fingerprint density at radius 3 is 2.54 bits per heavy atom. The van der Waals surface area contributed by atoms with Crippen LogP contribution in [0.4, 0.5) is 0 Å². The molecule has 0 amide bonds. The fourth-order valence-corrected chi connectivity index (χ4v) is 6.36. The summed E-state index contributed by atoms with van der Waals surface area (Å²) in [6.45, 7) is 6.23. The monoisotopic (exact) mass is 561 g/mol. The van der Waals surface area contributed by atoms with Crippen LogP contribution >= 0.6 is 0 Å². The van der Waals surface area contributed by atoms with Gasteiger partial charge in [-0.2, -0.15) is 0 Å². The molecule has 0 bridgehead atoms. The number of rotatable bonds is 12. The first-order valence-corrected chi connectivity index (χ1v) is 14.9. The van der Waals surface area contributed by atoms with E-state index < -0.39 is 17.5 Å². The van der Waals surface area contributed by atoms with Crippen molar-refractivity contribution in [3.63, 3.8) is 0 Å². The predicted molar refractivity (Wildman–Crippen MR) is 159 cm³/mol. The average Bonchev–Trinajstić information content (AvgIpc) is 3.01. The number of aliphatic hydroxyl groups excluding tert-OH is 1. The minimum atomic E-state index is -0.818. The quantitative estimate of drug-likeness (QED) is 0.329. The lowest BCUT2D eigenvalue weighted by Crippen LogP contribution is -2.44. The van der Waals surface area contributed by atoms with Crippen LogP contribution in [0.5, 0.6) is 5.75 Å². The van der Waals surface area contributed by atoms with Gasteiger partial charge < -0.3 is 24.6 Å². The van der Waals surface area contributed by atoms with Gasteiger partial charge in [-0.1, -0.05) is 30.3 Å². The van der Waals surface area contributed by atoms with E-state index in [9.17, 15) is 15.0 Å². The average molecular weight is 562 g/mol. The number of benzene rings is 2. The van der Waals surface area contributed by atoms with Crippen molar-refractivity contribution < 1.29 is 24.5 Å². The number of nitrogens with zero attached hydrogens (tertiary/aromatic N) is 3. The zero-order chi connectivity index (χ0) is 28.7. The van der Waals surface area contributed by atoms with E-state index in [0.29, 0.717) is 51.2 Å². The van der Waals surface area contributed by atoms with Gasteiger partial charge in [0.15, 0.2) is 0 Å². The number of aliphatic hydroxyl groups is 1. The maximum atomic E-state index is 12.6. The van der Waals surface area contributed by atoms with E-state index in [2.05, 4.69) is 39.0 Å². The van der Waals surface area contributed by atoms with E-state index in [1.54, 1.807) is 7.11 Å². The Bertz CT molecular complexity index is 1290. The second kappa shape index (κ2) is 13.7. The second-order valence-electron chi connectivity index (χ2n) is 11.5. The van der Waals surface area contributed by atoms with E-state index in [-0.39, 0.29) is 0 Å². The first-order valence-electron chi connectivity index (χ1n) is 14.9. The molecule has 1 atom stereocenters. The molecule has 41 heavy (non-hydrogen) atoms. The van der Waals surface area contributed by atoms with Crippen molar-refractivity contribution in [2.45, 2.75) is 51.2 Å². The summed E-state index contributed by atoms with van der Waals surface area (Å²) in [5, 5.41) is 22.9. The third-order valence-electron chi connectivity index (χ3n) is 8.98. The number of piperidine rings is 1. The van der Waals surface area contributed by atoms with Crippen molar-refractivity contribution in [3.8, 4) is 5.75 Å². The molecular formula is C33H43N3O5. The summed E-state index contributed by atoms with van der Waals surface area (Å²) in [6, 6.07) is 16.2. The van der Waals surface area contributed by atoms with Crippen molar-refractivity contribution in [2.75, 3.05) is 53.0 Å². The van der Waals surface area contributed by atoms with Crippen LogP contribution in [-0.2, 0) is 22.5 Å². The third-order valence-corrected chi connectivity index (χ3v) is 8.98. The highest BCUT2D eigenvalue weighted by molar-refractivity contribution is 5.85. The number of aliphatic carboxylic acids is 1. The van der Waals surface area contributed by atoms with Crippen LogP contribution in [0.15, 0.2) is 54.7 Å². The Labute approximate surface area is 242 Å². The molecule has 2 aliphatic rings. The molecule has 0 spiro atoms. The van der Waals surface area contributed by atoms with Gasteiger partial charge in [-0.3, -0.25) is 14.7 Å². The topological polar surface area (TPSA) is 95.4 Å². The van der Waals surface area contributed by atoms with Gasteiger partial charge in [-0.05, 0) is 93.0 Å². The van der Waals surface area contributed by atoms with Gasteiger partial charge in [0.05, 0.1) is 37.4 Å². The van der Waals surface area contributed by atoms with Gasteiger partial charge in [0.25, 0.3) is 0 Å². The lowest BCUT2D eigenvalue weighted by Gasteiger charge is -2.39. The zero-order valence-electron chi connectivity index (χ0n) is 24.1. The molecule has 5 rings (SSSR count). The minimum Gasteiger partial charge on any atom is -0.497 e. The zero-order valence-corrected chi connectivity index (χ0v) is 24.1. The van der Waals surface area contributed by atoms with Gasteiger partial charge in [0, 0.05) is 31.2 Å². The van der Waals surface area contributed by atoms with Crippen LogP contribution in [-0.4, -0.2) is 84.0 Å². The molecular weight excluding hydrogens is 518 g/mol. The Kier molecular flexibility index (Phi) is 9.88. The lowest BCUT2D eigenvalue weighted by molar-refractivity contribution is -0.153. The second-order valence-corrected chi connectivity index (χ2v) is 11.5. The summed E-state index contributed by atoms with van der Waals surface area (Å²) in [5.41, 5.74) is 3.12. The number of hydrogen-bond donors (Lipinski definition) is 2. The number of likely N-dealkylation sites (tertiary alicyclic amines) is 1. The van der Waals surface area contributed by atoms with Gasteiger partial charge in [0.1, 0.15) is 5.75 Å². The van der Waals surface area contributed by atoms with E-state index >= 15 is 0 Å². The van der Waals surface area contributed by atoms with Crippen molar-refractivity contribution in [3.05, 3.63) is 71.4 Å². The number of fused-ring (bicyclic) bond motifs is 1. The SMILES string of the molecule is COc1ccc2ncc(CN3CCOCC3)c([C@@H](O)CCC3(C(=O)O)CCN(CCCc4ccccc4)CC3)c2c1. The van der Waals surface area contributed by atoms with Crippen LogP contribution in [0.25, 0.3) is 10.9 Å². The van der Waals surface area contributed by atoms with E-state index in [0.717, 1.165) is 67.6 Å². The number of morpholine rings is 1. The molecule has 2 aliphatic heterocycles. The predicted octanol–water partition coefficient (Wildman–Crippen LogP) is 4.69. The van der Waals surface area contributed by atoms with Crippen LogP contribution in [0.2, 0.25) is 0 Å². The first-order chi connectivity index (χ1) is 20.0. The van der Waals surface area contributed by atoms with Crippen LogP contribution in [0.3, 0.4) is 0 Å². The number of hydrogen-bond acceptors (Lipinski definition) is 7. The molecule has 8 heteroatoms. The van der Waals surface area contributed by atoms with E-state index in [1.807, 2.05) is 30.5 Å². The number of aromatic nitrogens is 1. The van der Waals surface area contributed by atoms with E-state index in [1.165, 1.54) is 5.56 Å². The Hall–Kier alpha value is -3.04. The van der Waals surface area contributed by atoms with Crippen LogP contribution in [0, 0.1) is 5.41 Å². The number of aryl methyl sites for hydroxylation is 1. The number of ether oxygens (including phenoxy) is 2. The number of carboxylic acid groups (broad SMARTS) is 1. The Balaban J connectivity index is 1.27. The summed E-state index contributed by atoms with van der Waals surface area (Å²) >= 11 is 0. The highest BCUT2D eigenvalue weighted by atomic mass is 16.5. The minimum absolute atomic E-state index is 0.382. The number of carboxylic acids is 1. The fraction of sp³-hybridized carbons (Fsp3) is 0.515. The first kappa shape index (κ1) is 29.5. The standard InChI is InChI=1S/C33H43N3O5/c1-40-27-9-10-29-28(22-27)31(26(23-34-29)24-36-18-20-41-21-19-36)30(37)11-12-33(32(38)39)13-16-35(17-14-33)15-5-8-25-6-3-2-4-7-25/h2-4,6-7,9-10,22-23,30,37H,5,8,11-21,24H2,1H3,(H,38,39)/t30-/m0/s1. The number of methoxy groups -OCH3 is 1. The Morgan fingerprint density at radius 2 is 1.83 bits per heavy atom. The molecule has 3 aromatic rings. The Morgan fingerprint density at radius 1 is 1.07 bits per heavy atom. The smallest absolute Gasteiger partial charge is 0.309 e. The van der Waals surface area contributed by atoms with Crippen LogP contribution < -0.4 is 4.74 Å². The van der Waals surface area contributed by atoms with Gasteiger partial charge in [0.2, 0.25) is 0 Å². The summed E-state index contributed by atoms with van der Waals surface area (Å²) in [7, 11) is 1.63. The van der Waals surface area contributed by atoms with Gasteiger partial charge in [-0.25, -0.2) is 0 Å². The molecule has 0 aliphatic carbocycles. The van der Waals surface area contributed by atoms with E-state index in [4.69, 9.17) is 9.47 Å². The molecule has 0 unspecified atom stereocenters. The molecule has 8 nitrogen and oxygen atoms in total. The number of pyridine rings is 1. The molecule has 1 aromatic heterocycles. The van der Waals surface area contributed by atoms with Crippen molar-refractivity contribution in [1.29, 1.82) is 0 Å². The maximum absolute atomic E-state index is 12.6. The molecule has 3 heterocycles. The summed E-state index contributed by atoms with van der Waals surface area (Å²) in [4.78, 5) is 22.0. The van der Waals surface area contributed by atoms with Crippen molar-refractivity contribution >= 4 is 16.9 Å². The number of carbonyl (C=O) groups is 1. The van der Waals surface area contributed by atoms with Gasteiger partial charge >= 0.3 is 5.97 Å². The summed E-state index contributed by atoms with van der Waals surface area (Å²) < 4.78 is 11.0. The molecule has 2 fully saturated rings.